The standard InChI is InChI=1S/C15H26N4/c1-13-16-8-9-18(13)10-11-19(15-5-6-15)12-14-4-2-3-7-17-14/h8-9,14-15,17H,2-7,10-12H2,1H3. The summed E-state index contributed by atoms with van der Waals surface area (Å²) in [6.45, 7) is 6.78. The molecule has 3 rings (SSSR count). The fraction of sp³-hybridized carbons (Fsp3) is 0.800. The molecule has 0 amide bonds. The van der Waals surface area contributed by atoms with Crippen LogP contribution in [0.3, 0.4) is 0 Å². The first-order valence-electron chi connectivity index (χ1n) is 7.78. The zero-order chi connectivity index (χ0) is 13.1. The molecule has 2 fully saturated rings. The predicted octanol–water partition coefficient (Wildman–Crippen LogP) is 1.80. The molecule has 1 N–H and O–H groups in total. The predicted molar refractivity (Wildman–Crippen MR) is 77.2 cm³/mol. The SMILES string of the molecule is Cc1nccn1CCN(CC1CCCCN1)C1CC1. The van der Waals surface area contributed by atoms with E-state index in [0.29, 0.717) is 0 Å². The van der Waals surface area contributed by atoms with Crippen molar-refractivity contribution in [3.8, 4) is 0 Å². The van der Waals surface area contributed by atoms with E-state index in [1.807, 2.05) is 6.20 Å². The molecule has 0 bridgehead atoms. The van der Waals surface area contributed by atoms with Crippen molar-refractivity contribution in [1.82, 2.24) is 19.8 Å². The molecule has 106 valence electrons. The lowest BCUT2D eigenvalue weighted by molar-refractivity contribution is 0.208. The van der Waals surface area contributed by atoms with Crippen LogP contribution in [0.5, 0.6) is 0 Å². The highest BCUT2D eigenvalue weighted by Gasteiger charge is 2.30. The lowest BCUT2D eigenvalue weighted by Crippen LogP contribution is -2.45. The number of piperidine rings is 1. The van der Waals surface area contributed by atoms with E-state index in [4.69, 9.17) is 0 Å². The summed E-state index contributed by atoms with van der Waals surface area (Å²) in [6.07, 6.45) is 10.9. The second-order valence-corrected chi connectivity index (χ2v) is 6.04. The Morgan fingerprint density at radius 1 is 1.37 bits per heavy atom. The summed E-state index contributed by atoms with van der Waals surface area (Å²) in [7, 11) is 0. The summed E-state index contributed by atoms with van der Waals surface area (Å²) in [6, 6.07) is 1.57. The zero-order valence-corrected chi connectivity index (χ0v) is 12.0. The Labute approximate surface area is 116 Å². The molecule has 1 saturated carbocycles. The molecule has 1 aliphatic carbocycles. The van der Waals surface area contributed by atoms with E-state index < -0.39 is 0 Å². The molecule has 0 radical (unpaired) electrons. The molecule has 4 nitrogen and oxygen atoms in total. The van der Waals surface area contributed by atoms with Crippen molar-refractivity contribution in [2.24, 2.45) is 0 Å². The van der Waals surface area contributed by atoms with Crippen LogP contribution in [0.15, 0.2) is 12.4 Å². The van der Waals surface area contributed by atoms with E-state index in [9.17, 15) is 0 Å². The van der Waals surface area contributed by atoms with Crippen molar-refractivity contribution >= 4 is 0 Å². The minimum Gasteiger partial charge on any atom is -0.334 e. The summed E-state index contributed by atoms with van der Waals surface area (Å²) in [5.41, 5.74) is 0. The zero-order valence-electron chi connectivity index (χ0n) is 12.0. The van der Waals surface area contributed by atoms with Crippen molar-refractivity contribution in [2.45, 2.75) is 57.7 Å². The number of nitrogens with zero attached hydrogens (tertiary/aromatic N) is 3. The van der Waals surface area contributed by atoms with Crippen LogP contribution in [-0.2, 0) is 6.54 Å². The maximum atomic E-state index is 4.30. The second kappa shape index (κ2) is 6.06. The molecular formula is C15H26N4. The summed E-state index contributed by atoms with van der Waals surface area (Å²) >= 11 is 0. The summed E-state index contributed by atoms with van der Waals surface area (Å²) in [5.74, 6) is 1.13. The van der Waals surface area contributed by atoms with Gasteiger partial charge in [0.15, 0.2) is 0 Å². The highest BCUT2D eigenvalue weighted by atomic mass is 15.2. The van der Waals surface area contributed by atoms with Crippen molar-refractivity contribution < 1.29 is 0 Å². The Morgan fingerprint density at radius 2 is 2.26 bits per heavy atom. The molecule has 1 saturated heterocycles. The minimum absolute atomic E-state index is 0.721. The average Bonchev–Trinajstić information content (AvgIpc) is 3.20. The van der Waals surface area contributed by atoms with Crippen molar-refractivity contribution in [1.29, 1.82) is 0 Å². The van der Waals surface area contributed by atoms with Crippen LogP contribution >= 0.6 is 0 Å². The maximum Gasteiger partial charge on any atom is 0.105 e. The van der Waals surface area contributed by atoms with Gasteiger partial charge < -0.3 is 9.88 Å². The van der Waals surface area contributed by atoms with E-state index >= 15 is 0 Å². The van der Waals surface area contributed by atoms with E-state index in [-0.39, 0.29) is 0 Å². The number of aryl methyl sites for hydroxylation is 1. The van der Waals surface area contributed by atoms with Gasteiger partial charge in [0, 0.05) is 44.1 Å². The molecule has 4 heteroatoms. The van der Waals surface area contributed by atoms with E-state index in [1.165, 1.54) is 51.7 Å². The Kier molecular flexibility index (Phi) is 4.18. The normalized spacial score (nSPS) is 24.0. The van der Waals surface area contributed by atoms with Crippen LogP contribution in [0.2, 0.25) is 0 Å². The molecule has 2 heterocycles. The van der Waals surface area contributed by atoms with Gasteiger partial charge in [-0.3, -0.25) is 4.90 Å². The van der Waals surface area contributed by atoms with Gasteiger partial charge in [0.2, 0.25) is 0 Å². The fourth-order valence-electron chi connectivity index (χ4n) is 3.10. The van der Waals surface area contributed by atoms with Crippen molar-refractivity contribution in [3.05, 3.63) is 18.2 Å². The van der Waals surface area contributed by atoms with Gasteiger partial charge in [0.25, 0.3) is 0 Å². The molecule has 0 spiro atoms. The average molecular weight is 262 g/mol. The van der Waals surface area contributed by atoms with Crippen LogP contribution < -0.4 is 5.32 Å². The molecule has 1 aromatic rings. The largest absolute Gasteiger partial charge is 0.334 e. The second-order valence-electron chi connectivity index (χ2n) is 6.04. The van der Waals surface area contributed by atoms with Gasteiger partial charge in [-0.1, -0.05) is 6.42 Å². The topological polar surface area (TPSA) is 33.1 Å². The molecule has 1 unspecified atom stereocenters. The number of hydrogen-bond acceptors (Lipinski definition) is 3. The lowest BCUT2D eigenvalue weighted by atomic mass is 10.0. The highest BCUT2D eigenvalue weighted by molar-refractivity contribution is 4.91. The van der Waals surface area contributed by atoms with Crippen molar-refractivity contribution in [3.63, 3.8) is 0 Å². The Balaban J connectivity index is 1.51. The van der Waals surface area contributed by atoms with Crippen LogP contribution in [0, 0.1) is 6.92 Å². The van der Waals surface area contributed by atoms with E-state index in [1.54, 1.807) is 0 Å². The fourth-order valence-corrected chi connectivity index (χ4v) is 3.10. The molecule has 2 aliphatic rings. The van der Waals surface area contributed by atoms with Gasteiger partial charge in [-0.05, 0) is 39.2 Å². The van der Waals surface area contributed by atoms with Gasteiger partial charge in [-0.15, -0.1) is 0 Å². The third-order valence-electron chi connectivity index (χ3n) is 4.48. The summed E-state index contributed by atoms with van der Waals surface area (Å²) < 4.78 is 2.27. The first-order valence-corrected chi connectivity index (χ1v) is 7.78. The summed E-state index contributed by atoms with van der Waals surface area (Å²) in [5, 5.41) is 3.68. The minimum atomic E-state index is 0.721. The van der Waals surface area contributed by atoms with E-state index in [0.717, 1.165) is 24.5 Å². The van der Waals surface area contributed by atoms with Gasteiger partial charge in [0.05, 0.1) is 0 Å². The lowest BCUT2D eigenvalue weighted by Gasteiger charge is -2.30. The van der Waals surface area contributed by atoms with Gasteiger partial charge in [0.1, 0.15) is 5.82 Å². The number of aromatic nitrogens is 2. The molecule has 1 atom stereocenters. The molecular weight excluding hydrogens is 236 g/mol. The van der Waals surface area contributed by atoms with Gasteiger partial charge >= 0.3 is 0 Å². The summed E-state index contributed by atoms with van der Waals surface area (Å²) in [4.78, 5) is 7.00. The van der Waals surface area contributed by atoms with Crippen LogP contribution in [0.1, 0.15) is 37.9 Å². The number of nitrogens with one attached hydrogen (secondary N) is 1. The Morgan fingerprint density at radius 3 is 2.89 bits per heavy atom. The van der Waals surface area contributed by atoms with Gasteiger partial charge in [-0.25, -0.2) is 4.98 Å². The number of imidazole rings is 1. The highest BCUT2D eigenvalue weighted by Crippen LogP contribution is 2.27. The Hall–Kier alpha value is -0.870. The third-order valence-corrected chi connectivity index (χ3v) is 4.48. The smallest absolute Gasteiger partial charge is 0.105 e. The number of rotatable bonds is 6. The maximum absolute atomic E-state index is 4.30. The van der Waals surface area contributed by atoms with Crippen LogP contribution in [0.4, 0.5) is 0 Å². The van der Waals surface area contributed by atoms with Crippen molar-refractivity contribution in [2.75, 3.05) is 19.6 Å². The van der Waals surface area contributed by atoms with Crippen LogP contribution in [0.25, 0.3) is 0 Å². The quantitative estimate of drug-likeness (QED) is 0.848. The molecule has 1 aromatic heterocycles. The third kappa shape index (κ3) is 3.57. The van der Waals surface area contributed by atoms with Gasteiger partial charge in [-0.2, -0.15) is 0 Å². The van der Waals surface area contributed by atoms with Crippen LogP contribution in [-0.4, -0.2) is 46.2 Å². The van der Waals surface area contributed by atoms with E-state index in [2.05, 4.69) is 32.9 Å². The first kappa shape index (κ1) is 13.1. The number of hydrogen-bond donors (Lipinski definition) is 1. The first-order chi connectivity index (χ1) is 9.33. The Bertz CT molecular complexity index is 391. The molecule has 0 aromatic carbocycles. The molecule has 1 aliphatic heterocycles. The monoisotopic (exact) mass is 262 g/mol. The molecule has 19 heavy (non-hydrogen) atoms.